The molecule has 0 unspecified atom stereocenters. The minimum absolute atomic E-state index is 0.169. The van der Waals surface area contributed by atoms with Crippen LogP contribution in [0.25, 0.3) is 10.9 Å². The molecule has 154 valence electrons. The van der Waals surface area contributed by atoms with Crippen LogP contribution in [-0.4, -0.2) is 24.8 Å². The second-order valence-electron chi connectivity index (χ2n) is 8.04. The lowest BCUT2D eigenvalue weighted by Gasteiger charge is -2.37. The second-order valence-corrected chi connectivity index (χ2v) is 10.2. The highest BCUT2D eigenvalue weighted by molar-refractivity contribution is 7.54. The number of fused-ring (bicyclic) bond motifs is 1. The van der Waals surface area contributed by atoms with Gasteiger partial charge >= 0.3 is 7.60 Å². The molecule has 2 heterocycles. The number of rotatable bonds is 6. The Balaban J connectivity index is 1.70. The topological polar surface area (TPSA) is 72.6 Å². The lowest BCUT2D eigenvalue weighted by Crippen LogP contribution is -2.31. The molecule has 0 aliphatic carbocycles. The van der Waals surface area contributed by atoms with E-state index in [0.29, 0.717) is 19.8 Å². The van der Waals surface area contributed by atoms with E-state index < -0.39 is 13.4 Å². The van der Waals surface area contributed by atoms with Gasteiger partial charge in [0.1, 0.15) is 5.75 Å². The summed E-state index contributed by atoms with van der Waals surface area (Å²) in [5.41, 5.74) is 2.48. The van der Waals surface area contributed by atoms with Crippen LogP contribution in [0.2, 0.25) is 0 Å². The van der Waals surface area contributed by atoms with Crippen LogP contribution < -0.4 is 10.1 Å². The molecule has 1 aliphatic heterocycles. The maximum absolute atomic E-state index is 13.8. The van der Waals surface area contributed by atoms with Crippen LogP contribution in [0.1, 0.15) is 32.1 Å². The number of nitrogens with one attached hydrogen (secondary N) is 2. The number of benzene rings is 2. The summed E-state index contributed by atoms with van der Waals surface area (Å²) in [4.78, 5) is 3.26. The summed E-state index contributed by atoms with van der Waals surface area (Å²) in [7, 11) is -3.45. The Morgan fingerprint density at radius 3 is 2.52 bits per heavy atom. The number of hydrogen-bond acceptors (Lipinski definition) is 5. The number of H-pyrrole nitrogens is 1. The van der Waals surface area contributed by atoms with Gasteiger partial charge in [0.15, 0.2) is 5.78 Å². The Kier molecular flexibility index (Phi) is 5.43. The Morgan fingerprint density at radius 1 is 1.14 bits per heavy atom. The van der Waals surface area contributed by atoms with Gasteiger partial charge in [-0.2, -0.15) is 0 Å². The van der Waals surface area contributed by atoms with E-state index in [1.165, 1.54) is 0 Å². The molecule has 0 bridgehead atoms. The Labute approximate surface area is 171 Å². The maximum Gasteiger partial charge on any atom is 0.357 e. The van der Waals surface area contributed by atoms with Crippen molar-refractivity contribution in [3.05, 3.63) is 60.3 Å². The van der Waals surface area contributed by atoms with Gasteiger partial charge in [-0.05, 0) is 37.3 Å². The van der Waals surface area contributed by atoms with Gasteiger partial charge in [-0.3, -0.25) is 4.57 Å². The molecule has 6 nitrogen and oxygen atoms in total. The lowest BCUT2D eigenvalue weighted by atomic mass is 9.97. The molecular weight excluding hydrogens is 387 g/mol. The highest BCUT2D eigenvalue weighted by atomic mass is 31.2. The quantitative estimate of drug-likeness (QED) is 0.488. The number of para-hydroxylation sites is 1. The van der Waals surface area contributed by atoms with E-state index in [2.05, 4.69) is 10.3 Å². The summed E-state index contributed by atoms with van der Waals surface area (Å²) in [6.45, 7) is 7.40. The third-order valence-corrected chi connectivity index (χ3v) is 6.99. The lowest BCUT2D eigenvalue weighted by molar-refractivity contribution is 0.0388. The van der Waals surface area contributed by atoms with Crippen molar-refractivity contribution >= 4 is 24.2 Å². The third kappa shape index (κ3) is 4.20. The van der Waals surface area contributed by atoms with Crippen LogP contribution >= 0.6 is 7.60 Å². The normalized spacial score (nSPS) is 19.0. The average Bonchev–Trinajstić information content (AvgIpc) is 3.14. The summed E-state index contributed by atoms with van der Waals surface area (Å²) >= 11 is 0. The Morgan fingerprint density at radius 2 is 1.83 bits per heavy atom. The number of ether oxygens (including phenoxy) is 1. The zero-order valence-electron chi connectivity index (χ0n) is 17.0. The average molecular weight is 414 g/mol. The molecule has 7 heteroatoms. The summed E-state index contributed by atoms with van der Waals surface area (Å²) < 4.78 is 31.1. The molecule has 2 aromatic carbocycles. The fraction of sp³-hybridized carbons (Fsp3) is 0.364. The van der Waals surface area contributed by atoms with Crippen LogP contribution in [0.4, 0.5) is 5.69 Å². The molecule has 2 N–H and O–H groups in total. The first-order valence-electron chi connectivity index (χ1n) is 9.84. The van der Waals surface area contributed by atoms with Gasteiger partial charge in [0, 0.05) is 33.8 Å². The van der Waals surface area contributed by atoms with Crippen molar-refractivity contribution in [3.8, 4) is 5.75 Å². The molecule has 0 amide bonds. The molecule has 1 fully saturated rings. The first-order chi connectivity index (χ1) is 13.9. The van der Waals surface area contributed by atoms with Gasteiger partial charge < -0.3 is 24.1 Å². The predicted octanol–water partition coefficient (Wildman–Crippen LogP) is 5.94. The summed E-state index contributed by atoms with van der Waals surface area (Å²) in [6, 6.07) is 15.5. The van der Waals surface area contributed by atoms with Crippen LogP contribution in [0, 0.1) is 5.41 Å². The first kappa shape index (κ1) is 20.0. The van der Waals surface area contributed by atoms with E-state index in [1.807, 2.05) is 75.5 Å². The molecule has 0 spiro atoms. The largest absolute Gasteiger partial charge is 0.494 e. The van der Waals surface area contributed by atoms with E-state index in [4.69, 9.17) is 13.8 Å². The molecule has 0 saturated carbocycles. The van der Waals surface area contributed by atoms with Crippen molar-refractivity contribution in [2.24, 2.45) is 5.41 Å². The van der Waals surface area contributed by atoms with Gasteiger partial charge in [-0.1, -0.05) is 32.0 Å². The van der Waals surface area contributed by atoms with Gasteiger partial charge in [-0.25, -0.2) is 0 Å². The molecule has 1 aromatic heterocycles. The Bertz CT molecular complexity index is 1010. The van der Waals surface area contributed by atoms with Gasteiger partial charge in [-0.15, -0.1) is 0 Å². The molecule has 1 aliphatic rings. The van der Waals surface area contributed by atoms with E-state index in [9.17, 15) is 4.57 Å². The first-order valence-corrected chi connectivity index (χ1v) is 11.5. The summed E-state index contributed by atoms with van der Waals surface area (Å²) in [6.07, 6.45) is 1.88. The fourth-order valence-electron chi connectivity index (χ4n) is 3.38. The monoisotopic (exact) mass is 414 g/mol. The number of aromatic amines is 1. The molecular formula is C22H27N2O4P. The molecule has 3 aromatic rings. The van der Waals surface area contributed by atoms with Crippen molar-refractivity contribution in [2.45, 2.75) is 26.6 Å². The van der Waals surface area contributed by atoms with E-state index in [0.717, 1.165) is 27.9 Å². The zero-order valence-corrected chi connectivity index (χ0v) is 17.9. The molecule has 0 radical (unpaired) electrons. The molecule has 1 saturated heterocycles. The smallest absolute Gasteiger partial charge is 0.357 e. The summed E-state index contributed by atoms with van der Waals surface area (Å²) in [5, 5.41) is 4.38. The Hall–Kier alpha value is -2.27. The van der Waals surface area contributed by atoms with Gasteiger partial charge in [0.2, 0.25) is 0 Å². The minimum atomic E-state index is -3.45. The van der Waals surface area contributed by atoms with E-state index in [-0.39, 0.29) is 5.41 Å². The fourth-order valence-corrected chi connectivity index (χ4v) is 5.67. The van der Waals surface area contributed by atoms with Crippen LogP contribution in [-0.2, 0) is 13.6 Å². The standard InChI is InChI=1S/C22H27N2O4P/c1-4-26-17-11-9-16(10-12-17)24-21(29(25)27-14-22(2,3)15-28-29)19-13-23-20-8-6-5-7-18(19)20/h5-13,21,23-24H,4,14-15H2,1-3H3/t21-/m0/s1. The van der Waals surface area contributed by atoms with Crippen molar-refractivity contribution in [1.82, 2.24) is 4.98 Å². The molecule has 1 atom stereocenters. The van der Waals surface area contributed by atoms with Crippen molar-refractivity contribution in [2.75, 3.05) is 25.1 Å². The van der Waals surface area contributed by atoms with Crippen LogP contribution in [0.5, 0.6) is 5.75 Å². The second kappa shape index (κ2) is 7.86. The maximum atomic E-state index is 13.8. The van der Waals surface area contributed by atoms with Gasteiger partial charge in [0.05, 0.1) is 19.8 Å². The van der Waals surface area contributed by atoms with E-state index in [1.54, 1.807) is 0 Å². The predicted molar refractivity (Wildman–Crippen MR) is 116 cm³/mol. The SMILES string of the molecule is CCOc1ccc(N[C@H](c2c[nH]c3ccccc23)P2(=O)OCC(C)(C)CO2)cc1. The number of hydrogen-bond donors (Lipinski definition) is 2. The zero-order chi connectivity index (χ0) is 20.5. The number of anilines is 1. The number of aromatic nitrogens is 1. The highest BCUT2D eigenvalue weighted by Crippen LogP contribution is 2.64. The minimum Gasteiger partial charge on any atom is -0.494 e. The van der Waals surface area contributed by atoms with Crippen LogP contribution in [0.3, 0.4) is 0 Å². The highest BCUT2D eigenvalue weighted by Gasteiger charge is 2.44. The van der Waals surface area contributed by atoms with Crippen molar-refractivity contribution < 1.29 is 18.3 Å². The molecule has 4 rings (SSSR count). The van der Waals surface area contributed by atoms with Crippen LogP contribution in [0.15, 0.2) is 54.7 Å². The van der Waals surface area contributed by atoms with E-state index >= 15 is 0 Å². The van der Waals surface area contributed by atoms with Crippen molar-refractivity contribution in [3.63, 3.8) is 0 Å². The van der Waals surface area contributed by atoms with Crippen molar-refractivity contribution in [1.29, 1.82) is 0 Å². The molecule has 29 heavy (non-hydrogen) atoms. The van der Waals surface area contributed by atoms with Gasteiger partial charge in [0.25, 0.3) is 0 Å². The third-order valence-electron chi connectivity index (χ3n) is 4.97. The summed E-state index contributed by atoms with van der Waals surface area (Å²) in [5.74, 6) is 0.160.